The Hall–Kier alpha value is -0.320. The smallest absolute Gasteiger partial charge is 0.233 e. The maximum atomic E-state index is 11.7. The first kappa shape index (κ1) is 16.7. The van der Waals surface area contributed by atoms with Gasteiger partial charge in [0, 0.05) is 20.3 Å². The van der Waals surface area contributed by atoms with Crippen molar-refractivity contribution in [1.29, 1.82) is 0 Å². The lowest BCUT2D eigenvalue weighted by atomic mass is 9.67. The van der Waals surface area contributed by atoms with E-state index in [2.05, 4.69) is 10.6 Å². The van der Waals surface area contributed by atoms with Gasteiger partial charge in [-0.05, 0) is 50.0 Å². The number of hydrogen-bond acceptors (Lipinski definition) is 3. The molecule has 19 heavy (non-hydrogen) atoms. The van der Waals surface area contributed by atoms with Crippen molar-refractivity contribution in [2.45, 2.75) is 38.5 Å². The maximum Gasteiger partial charge on any atom is 0.233 e. The highest BCUT2D eigenvalue weighted by Crippen LogP contribution is 2.43. The van der Waals surface area contributed by atoms with Gasteiger partial charge in [-0.15, -0.1) is 12.4 Å². The zero-order valence-corrected chi connectivity index (χ0v) is 12.7. The molecule has 0 aromatic carbocycles. The van der Waals surface area contributed by atoms with Gasteiger partial charge in [-0.2, -0.15) is 0 Å². The molecule has 2 fully saturated rings. The summed E-state index contributed by atoms with van der Waals surface area (Å²) in [5, 5.41) is 6.30. The minimum Gasteiger partial charge on any atom is -0.385 e. The highest BCUT2D eigenvalue weighted by molar-refractivity contribution is 5.85. The van der Waals surface area contributed by atoms with Crippen LogP contribution in [0.5, 0.6) is 0 Å². The molecule has 5 heteroatoms. The topological polar surface area (TPSA) is 50.4 Å². The molecule has 0 heterocycles. The third-order valence-corrected chi connectivity index (χ3v) is 4.33. The molecule has 112 valence electrons. The molecule has 2 N–H and O–H groups in total. The summed E-state index contributed by atoms with van der Waals surface area (Å²) in [5.41, 5.74) is 0.322. The Morgan fingerprint density at radius 2 is 2.11 bits per heavy atom. The van der Waals surface area contributed by atoms with Crippen LogP contribution in [0.25, 0.3) is 0 Å². The van der Waals surface area contributed by atoms with Crippen LogP contribution in [0, 0.1) is 11.3 Å². The van der Waals surface area contributed by atoms with Crippen LogP contribution in [0.2, 0.25) is 0 Å². The molecule has 2 aliphatic rings. The zero-order chi connectivity index (χ0) is 12.8. The molecule has 0 saturated heterocycles. The minimum absolute atomic E-state index is 0. The fraction of sp³-hybridized carbons (Fsp3) is 0.929. The summed E-state index contributed by atoms with van der Waals surface area (Å²) in [7, 11) is 1.74. The molecule has 1 amide bonds. The number of carbonyl (C=O) groups is 1. The summed E-state index contributed by atoms with van der Waals surface area (Å²) >= 11 is 0. The van der Waals surface area contributed by atoms with E-state index in [-0.39, 0.29) is 18.3 Å². The first-order valence-corrected chi connectivity index (χ1v) is 7.20. The van der Waals surface area contributed by atoms with Crippen LogP contribution < -0.4 is 10.6 Å². The Morgan fingerprint density at radius 3 is 2.63 bits per heavy atom. The molecule has 2 saturated carbocycles. The zero-order valence-electron chi connectivity index (χ0n) is 11.9. The van der Waals surface area contributed by atoms with Crippen molar-refractivity contribution in [3.8, 4) is 0 Å². The van der Waals surface area contributed by atoms with E-state index >= 15 is 0 Å². The van der Waals surface area contributed by atoms with Crippen molar-refractivity contribution in [2.24, 2.45) is 11.3 Å². The molecule has 0 aliphatic heterocycles. The summed E-state index contributed by atoms with van der Waals surface area (Å²) in [6.45, 7) is 3.09. The molecule has 2 aliphatic carbocycles. The Kier molecular flexibility index (Phi) is 7.11. The van der Waals surface area contributed by atoms with Crippen molar-refractivity contribution in [1.82, 2.24) is 10.6 Å². The molecule has 0 bridgehead atoms. The van der Waals surface area contributed by atoms with E-state index in [0.717, 1.165) is 32.0 Å². The Labute approximate surface area is 122 Å². The van der Waals surface area contributed by atoms with Crippen molar-refractivity contribution in [3.05, 3.63) is 0 Å². The fourth-order valence-electron chi connectivity index (χ4n) is 2.57. The van der Waals surface area contributed by atoms with Crippen LogP contribution in [0.4, 0.5) is 0 Å². The molecule has 0 aromatic rings. The lowest BCUT2D eigenvalue weighted by Gasteiger charge is -2.42. The van der Waals surface area contributed by atoms with Crippen molar-refractivity contribution in [3.63, 3.8) is 0 Å². The van der Waals surface area contributed by atoms with E-state index < -0.39 is 0 Å². The number of halogens is 1. The molecule has 0 radical (unpaired) electrons. The number of methoxy groups -OCH3 is 1. The molecule has 0 atom stereocenters. The SMILES string of the molecule is COCCC1(CNC(=O)CNCC2CC2)CCC1.Cl. The van der Waals surface area contributed by atoms with E-state index in [9.17, 15) is 4.79 Å². The van der Waals surface area contributed by atoms with Gasteiger partial charge in [0.25, 0.3) is 0 Å². The minimum atomic E-state index is 0. The third-order valence-electron chi connectivity index (χ3n) is 4.33. The van der Waals surface area contributed by atoms with Gasteiger partial charge in [-0.3, -0.25) is 4.79 Å². The number of rotatable bonds is 9. The van der Waals surface area contributed by atoms with Crippen LogP contribution in [0.3, 0.4) is 0 Å². The molecular weight excluding hydrogens is 264 g/mol. The van der Waals surface area contributed by atoms with Gasteiger partial charge in [0.2, 0.25) is 5.91 Å². The van der Waals surface area contributed by atoms with Gasteiger partial charge in [0.15, 0.2) is 0 Å². The largest absolute Gasteiger partial charge is 0.385 e. The lowest BCUT2D eigenvalue weighted by Crippen LogP contribution is -2.45. The van der Waals surface area contributed by atoms with Crippen molar-refractivity contribution < 1.29 is 9.53 Å². The van der Waals surface area contributed by atoms with Crippen LogP contribution in [-0.2, 0) is 9.53 Å². The highest BCUT2D eigenvalue weighted by atomic mass is 35.5. The number of ether oxygens (including phenoxy) is 1. The molecule has 4 nitrogen and oxygen atoms in total. The lowest BCUT2D eigenvalue weighted by molar-refractivity contribution is -0.121. The predicted octanol–water partition coefficient (Wildman–Crippen LogP) is 1.73. The van der Waals surface area contributed by atoms with Gasteiger partial charge >= 0.3 is 0 Å². The average molecular weight is 291 g/mol. The summed E-state index contributed by atoms with van der Waals surface area (Å²) < 4.78 is 5.15. The normalized spacial score (nSPS) is 20.3. The molecule has 0 unspecified atom stereocenters. The number of carbonyl (C=O) groups excluding carboxylic acids is 1. The molecular formula is C14H27ClN2O2. The van der Waals surface area contributed by atoms with E-state index in [1.165, 1.54) is 32.1 Å². The third kappa shape index (κ3) is 5.67. The van der Waals surface area contributed by atoms with Crippen LogP contribution in [-0.4, -0.2) is 39.3 Å². The van der Waals surface area contributed by atoms with E-state index in [0.29, 0.717) is 12.0 Å². The summed E-state index contributed by atoms with van der Waals surface area (Å²) in [5.74, 6) is 0.969. The van der Waals surface area contributed by atoms with E-state index in [1.54, 1.807) is 7.11 Å². The highest BCUT2D eigenvalue weighted by Gasteiger charge is 2.36. The molecule has 2 rings (SSSR count). The van der Waals surface area contributed by atoms with Crippen molar-refractivity contribution in [2.75, 3.05) is 33.4 Å². The van der Waals surface area contributed by atoms with Crippen molar-refractivity contribution >= 4 is 18.3 Å². The number of hydrogen-bond donors (Lipinski definition) is 2. The van der Waals surface area contributed by atoms with E-state index in [4.69, 9.17) is 4.74 Å². The standard InChI is InChI=1S/C14H26N2O2.ClH/c1-18-8-7-14(5-2-6-14)11-16-13(17)10-15-9-12-3-4-12;/h12,15H,2-11H2,1H3,(H,16,17);1H. The summed E-state index contributed by atoms with van der Waals surface area (Å²) in [4.78, 5) is 11.7. The predicted molar refractivity (Wildman–Crippen MR) is 78.6 cm³/mol. The fourth-order valence-corrected chi connectivity index (χ4v) is 2.57. The van der Waals surface area contributed by atoms with Gasteiger partial charge < -0.3 is 15.4 Å². The van der Waals surface area contributed by atoms with Gasteiger partial charge in [-0.1, -0.05) is 6.42 Å². The average Bonchev–Trinajstić information content (AvgIpc) is 3.11. The first-order valence-electron chi connectivity index (χ1n) is 7.20. The Balaban J connectivity index is 0.00000180. The summed E-state index contributed by atoms with van der Waals surface area (Å²) in [6, 6.07) is 0. The maximum absolute atomic E-state index is 11.7. The second-order valence-corrected chi connectivity index (χ2v) is 5.95. The Bertz CT molecular complexity index is 279. The Morgan fingerprint density at radius 1 is 1.37 bits per heavy atom. The second kappa shape index (κ2) is 8.08. The first-order chi connectivity index (χ1) is 8.74. The quantitative estimate of drug-likeness (QED) is 0.680. The van der Waals surface area contributed by atoms with Gasteiger partial charge in [-0.25, -0.2) is 0 Å². The van der Waals surface area contributed by atoms with Crippen LogP contribution in [0.1, 0.15) is 38.5 Å². The molecule has 0 spiro atoms. The van der Waals surface area contributed by atoms with Gasteiger partial charge in [0.05, 0.1) is 6.54 Å². The van der Waals surface area contributed by atoms with Gasteiger partial charge in [0.1, 0.15) is 0 Å². The van der Waals surface area contributed by atoms with E-state index in [1.807, 2.05) is 0 Å². The number of amides is 1. The second-order valence-electron chi connectivity index (χ2n) is 5.95. The van der Waals surface area contributed by atoms with Crippen LogP contribution in [0.15, 0.2) is 0 Å². The monoisotopic (exact) mass is 290 g/mol. The summed E-state index contributed by atoms with van der Waals surface area (Å²) in [6.07, 6.45) is 7.47. The molecule has 0 aromatic heterocycles. The number of nitrogens with one attached hydrogen (secondary N) is 2. The van der Waals surface area contributed by atoms with Crippen LogP contribution >= 0.6 is 12.4 Å².